The van der Waals surface area contributed by atoms with E-state index in [2.05, 4.69) is 28.2 Å². The number of hydrogen-bond acceptors (Lipinski definition) is 1. The quantitative estimate of drug-likeness (QED) is 0.775. The first kappa shape index (κ1) is 12.0. The number of nitrogens with one attached hydrogen (secondary N) is 1. The molecule has 1 amide bonds. The summed E-state index contributed by atoms with van der Waals surface area (Å²) in [6.45, 7) is 3.21. The van der Waals surface area contributed by atoms with Gasteiger partial charge in [-0.25, -0.2) is 0 Å². The number of alkyl halides is 1. The molecule has 1 N–H and O–H groups in total. The van der Waals surface area contributed by atoms with Gasteiger partial charge in [-0.1, -0.05) is 35.7 Å². The zero-order chi connectivity index (χ0) is 10.4. The lowest BCUT2D eigenvalue weighted by Gasteiger charge is -2.26. The molecule has 0 aromatic carbocycles. The van der Waals surface area contributed by atoms with Gasteiger partial charge in [-0.15, -0.1) is 0 Å². The van der Waals surface area contributed by atoms with Crippen molar-refractivity contribution in [2.24, 2.45) is 11.8 Å². The third kappa shape index (κ3) is 4.45. The SMILES string of the molecule is CC1CCC(CNC(=O)CCBr)CC1. The molecule has 0 aliphatic heterocycles. The van der Waals surface area contributed by atoms with Crippen LogP contribution in [0.5, 0.6) is 0 Å². The predicted octanol–water partition coefficient (Wildman–Crippen LogP) is 2.71. The molecule has 0 unspecified atom stereocenters. The Hall–Kier alpha value is -0.0500. The standard InChI is InChI=1S/C11H20BrNO/c1-9-2-4-10(5-3-9)8-13-11(14)6-7-12/h9-10H,2-8H2,1H3,(H,13,14). The minimum Gasteiger partial charge on any atom is -0.356 e. The van der Waals surface area contributed by atoms with Crippen LogP contribution in [0.2, 0.25) is 0 Å². The second-order valence-corrected chi connectivity index (χ2v) is 5.16. The van der Waals surface area contributed by atoms with Gasteiger partial charge in [0.25, 0.3) is 0 Å². The Bertz CT molecular complexity index is 176. The van der Waals surface area contributed by atoms with Gasteiger partial charge in [0.15, 0.2) is 0 Å². The van der Waals surface area contributed by atoms with Crippen LogP contribution in [0.3, 0.4) is 0 Å². The van der Waals surface area contributed by atoms with Crippen molar-refractivity contribution in [1.29, 1.82) is 0 Å². The molecular formula is C11H20BrNO. The summed E-state index contributed by atoms with van der Waals surface area (Å²) in [6, 6.07) is 0. The van der Waals surface area contributed by atoms with Crippen molar-refractivity contribution < 1.29 is 4.79 Å². The number of halogens is 1. The molecule has 0 atom stereocenters. The highest BCUT2D eigenvalue weighted by atomic mass is 79.9. The lowest BCUT2D eigenvalue weighted by Crippen LogP contribution is -2.31. The van der Waals surface area contributed by atoms with E-state index in [0.717, 1.165) is 23.7 Å². The van der Waals surface area contributed by atoms with Crippen LogP contribution < -0.4 is 5.32 Å². The Morgan fingerprint density at radius 3 is 2.57 bits per heavy atom. The zero-order valence-electron chi connectivity index (χ0n) is 8.89. The Morgan fingerprint density at radius 2 is 2.00 bits per heavy atom. The third-order valence-electron chi connectivity index (χ3n) is 3.04. The van der Waals surface area contributed by atoms with Crippen LogP contribution in [0.1, 0.15) is 39.0 Å². The fourth-order valence-electron chi connectivity index (χ4n) is 1.97. The van der Waals surface area contributed by atoms with Gasteiger partial charge >= 0.3 is 0 Å². The lowest BCUT2D eigenvalue weighted by atomic mass is 9.83. The van der Waals surface area contributed by atoms with Crippen LogP contribution in [-0.2, 0) is 4.79 Å². The van der Waals surface area contributed by atoms with Gasteiger partial charge in [-0.2, -0.15) is 0 Å². The summed E-state index contributed by atoms with van der Waals surface area (Å²) in [6.07, 6.45) is 5.84. The van der Waals surface area contributed by atoms with Crippen LogP contribution in [0.4, 0.5) is 0 Å². The van der Waals surface area contributed by atoms with E-state index in [0.29, 0.717) is 6.42 Å². The maximum Gasteiger partial charge on any atom is 0.220 e. The smallest absolute Gasteiger partial charge is 0.220 e. The fraction of sp³-hybridized carbons (Fsp3) is 0.909. The molecule has 1 rings (SSSR count). The number of hydrogen-bond donors (Lipinski definition) is 1. The first-order valence-electron chi connectivity index (χ1n) is 5.55. The Labute approximate surface area is 95.0 Å². The van der Waals surface area contributed by atoms with E-state index in [4.69, 9.17) is 0 Å². The molecule has 0 spiro atoms. The largest absolute Gasteiger partial charge is 0.356 e. The molecule has 1 aliphatic carbocycles. The van der Waals surface area contributed by atoms with E-state index in [1.165, 1.54) is 25.7 Å². The topological polar surface area (TPSA) is 29.1 Å². The zero-order valence-corrected chi connectivity index (χ0v) is 10.5. The molecule has 1 fully saturated rings. The summed E-state index contributed by atoms with van der Waals surface area (Å²) in [5.41, 5.74) is 0. The molecule has 1 aliphatic rings. The van der Waals surface area contributed by atoms with Crippen molar-refractivity contribution >= 4 is 21.8 Å². The first-order chi connectivity index (χ1) is 6.72. The maximum absolute atomic E-state index is 11.2. The van der Waals surface area contributed by atoms with E-state index in [1.807, 2.05) is 0 Å². The molecule has 2 nitrogen and oxygen atoms in total. The second-order valence-electron chi connectivity index (χ2n) is 4.37. The summed E-state index contributed by atoms with van der Waals surface area (Å²) in [5, 5.41) is 3.76. The highest BCUT2D eigenvalue weighted by molar-refractivity contribution is 9.09. The summed E-state index contributed by atoms with van der Waals surface area (Å²) in [7, 11) is 0. The van der Waals surface area contributed by atoms with Gasteiger partial charge in [0.1, 0.15) is 0 Å². The Morgan fingerprint density at radius 1 is 1.36 bits per heavy atom. The van der Waals surface area contributed by atoms with Crippen molar-refractivity contribution in [3.63, 3.8) is 0 Å². The monoisotopic (exact) mass is 261 g/mol. The van der Waals surface area contributed by atoms with Crippen LogP contribution in [-0.4, -0.2) is 17.8 Å². The third-order valence-corrected chi connectivity index (χ3v) is 3.44. The minimum absolute atomic E-state index is 0.181. The van der Waals surface area contributed by atoms with E-state index in [1.54, 1.807) is 0 Å². The molecule has 0 bridgehead atoms. The molecular weight excluding hydrogens is 242 g/mol. The molecule has 0 aromatic heterocycles. The van der Waals surface area contributed by atoms with Gasteiger partial charge in [-0.3, -0.25) is 4.79 Å². The number of amides is 1. The first-order valence-corrected chi connectivity index (χ1v) is 6.67. The van der Waals surface area contributed by atoms with Crippen LogP contribution >= 0.6 is 15.9 Å². The number of rotatable bonds is 4. The van der Waals surface area contributed by atoms with Gasteiger partial charge < -0.3 is 5.32 Å². The number of carbonyl (C=O) groups excluding carboxylic acids is 1. The average molecular weight is 262 g/mol. The van der Waals surface area contributed by atoms with Crippen molar-refractivity contribution in [3.8, 4) is 0 Å². The minimum atomic E-state index is 0.181. The Kier molecular flexibility index (Phi) is 5.53. The summed E-state index contributed by atoms with van der Waals surface area (Å²) in [5.74, 6) is 1.80. The molecule has 14 heavy (non-hydrogen) atoms. The molecule has 1 saturated carbocycles. The second kappa shape index (κ2) is 6.44. The van der Waals surface area contributed by atoms with E-state index in [9.17, 15) is 4.79 Å². The summed E-state index contributed by atoms with van der Waals surface area (Å²) >= 11 is 3.26. The Balaban J connectivity index is 2.09. The van der Waals surface area contributed by atoms with E-state index < -0.39 is 0 Å². The van der Waals surface area contributed by atoms with Gasteiger partial charge in [0.05, 0.1) is 0 Å². The van der Waals surface area contributed by atoms with Crippen LogP contribution in [0, 0.1) is 11.8 Å². The van der Waals surface area contributed by atoms with Crippen molar-refractivity contribution in [3.05, 3.63) is 0 Å². The number of carbonyl (C=O) groups is 1. The van der Waals surface area contributed by atoms with Gasteiger partial charge in [-0.05, 0) is 24.7 Å². The molecule has 82 valence electrons. The van der Waals surface area contributed by atoms with Crippen molar-refractivity contribution in [1.82, 2.24) is 5.32 Å². The highest BCUT2D eigenvalue weighted by Crippen LogP contribution is 2.27. The lowest BCUT2D eigenvalue weighted by molar-refractivity contribution is -0.120. The fourth-order valence-corrected chi connectivity index (χ4v) is 2.33. The highest BCUT2D eigenvalue weighted by Gasteiger charge is 2.18. The van der Waals surface area contributed by atoms with Crippen molar-refractivity contribution in [2.45, 2.75) is 39.0 Å². The predicted molar refractivity (Wildman–Crippen MR) is 62.5 cm³/mol. The molecule has 3 heteroatoms. The summed E-state index contributed by atoms with van der Waals surface area (Å²) in [4.78, 5) is 11.2. The van der Waals surface area contributed by atoms with E-state index in [-0.39, 0.29) is 5.91 Å². The van der Waals surface area contributed by atoms with Crippen LogP contribution in [0.25, 0.3) is 0 Å². The molecule has 0 heterocycles. The summed E-state index contributed by atoms with van der Waals surface area (Å²) < 4.78 is 0. The molecule has 0 aromatic rings. The maximum atomic E-state index is 11.2. The van der Waals surface area contributed by atoms with Crippen LogP contribution in [0.15, 0.2) is 0 Å². The van der Waals surface area contributed by atoms with Gasteiger partial charge in [0.2, 0.25) is 5.91 Å². The molecule has 0 radical (unpaired) electrons. The van der Waals surface area contributed by atoms with E-state index >= 15 is 0 Å². The average Bonchev–Trinajstić information content (AvgIpc) is 2.17. The van der Waals surface area contributed by atoms with Gasteiger partial charge in [0, 0.05) is 18.3 Å². The molecule has 0 saturated heterocycles. The normalized spacial score (nSPS) is 27.3. The van der Waals surface area contributed by atoms with Crippen molar-refractivity contribution in [2.75, 3.05) is 11.9 Å².